The highest BCUT2D eigenvalue weighted by molar-refractivity contribution is 5.77. The van der Waals surface area contributed by atoms with Crippen LogP contribution in [0.1, 0.15) is 34.6 Å². The zero-order valence-corrected chi connectivity index (χ0v) is 10.4. The second kappa shape index (κ2) is 6.08. The monoisotopic (exact) mass is 217 g/mol. The topological polar surface area (TPSA) is 49.8 Å². The first-order valence-corrected chi connectivity index (χ1v) is 5.32. The third kappa shape index (κ3) is 6.47. The van der Waals surface area contributed by atoms with Gasteiger partial charge in [-0.05, 0) is 34.6 Å². The van der Waals surface area contributed by atoms with E-state index in [9.17, 15) is 4.79 Å². The summed E-state index contributed by atoms with van der Waals surface area (Å²) in [7, 11) is 0. The molecule has 0 aliphatic heterocycles. The molecule has 0 unspecified atom stereocenters. The van der Waals surface area contributed by atoms with E-state index in [0.717, 1.165) is 0 Å². The summed E-state index contributed by atoms with van der Waals surface area (Å²) >= 11 is 0. The molecule has 90 valence electrons. The molecule has 0 bridgehead atoms. The van der Waals surface area contributed by atoms with Gasteiger partial charge in [-0.2, -0.15) is 0 Å². The molecule has 0 fully saturated rings. The first kappa shape index (κ1) is 14.4. The highest BCUT2D eigenvalue weighted by Gasteiger charge is 2.19. The van der Waals surface area contributed by atoms with Crippen molar-refractivity contribution < 1.29 is 14.6 Å². The molecule has 15 heavy (non-hydrogen) atoms. The minimum atomic E-state index is -0.308. The zero-order chi connectivity index (χ0) is 12.1. The van der Waals surface area contributed by atoms with Gasteiger partial charge in [0.1, 0.15) is 6.61 Å². The molecule has 0 spiro atoms. The minimum absolute atomic E-state index is 0.0144. The van der Waals surface area contributed by atoms with E-state index in [0.29, 0.717) is 6.54 Å². The first-order valence-electron chi connectivity index (χ1n) is 5.32. The number of hydrogen-bond acceptors (Lipinski definition) is 3. The molecule has 0 saturated carbocycles. The van der Waals surface area contributed by atoms with Gasteiger partial charge in [0.25, 0.3) is 0 Å². The summed E-state index contributed by atoms with van der Waals surface area (Å²) in [6, 6.07) is 0.0909. The van der Waals surface area contributed by atoms with E-state index in [-0.39, 0.29) is 30.8 Å². The van der Waals surface area contributed by atoms with E-state index in [1.807, 2.05) is 34.6 Å². The summed E-state index contributed by atoms with van der Waals surface area (Å²) in [6.45, 7) is 9.99. The summed E-state index contributed by atoms with van der Waals surface area (Å²) in [5.74, 6) is -0.0750. The second-order valence-corrected chi connectivity index (χ2v) is 4.81. The number of aliphatic hydroxyl groups excluding tert-OH is 1. The Balaban J connectivity index is 4.15. The van der Waals surface area contributed by atoms with Crippen LogP contribution in [0.5, 0.6) is 0 Å². The summed E-state index contributed by atoms with van der Waals surface area (Å²) in [4.78, 5) is 13.3. The Morgan fingerprint density at radius 3 is 2.27 bits per heavy atom. The lowest BCUT2D eigenvalue weighted by atomic mass is 10.2. The molecule has 0 aliphatic carbocycles. The highest BCUT2D eigenvalue weighted by Crippen LogP contribution is 2.07. The molecule has 0 aromatic heterocycles. The normalized spacial score (nSPS) is 11.9. The lowest BCUT2D eigenvalue weighted by molar-refractivity contribution is -0.143. The molecule has 0 atom stereocenters. The fourth-order valence-corrected chi connectivity index (χ4v) is 1.14. The van der Waals surface area contributed by atoms with Crippen molar-refractivity contribution in [2.45, 2.75) is 46.3 Å². The van der Waals surface area contributed by atoms with E-state index in [1.54, 1.807) is 4.90 Å². The maximum atomic E-state index is 11.7. The average Bonchev–Trinajstić information content (AvgIpc) is 2.08. The number of aliphatic hydroxyl groups is 1. The minimum Gasteiger partial charge on any atom is -0.395 e. The van der Waals surface area contributed by atoms with Crippen molar-refractivity contribution in [3.8, 4) is 0 Å². The molecule has 1 N–H and O–H groups in total. The average molecular weight is 217 g/mol. The second-order valence-electron chi connectivity index (χ2n) is 4.81. The molecule has 0 radical (unpaired) electrons. The molecule has 0 heterocycles. The van der Waals surface area contributed by atoms with Gasteiger partial charge in [-0.3, -0.25) is 4.79 Å². The van der Waals surface area contributed by atoms with Crippen LogP contribution in [0, 0.1) is 0 Å². The van der Waals surface area contributed by atoms with Crippen molar-refractivity contribution in [1.82, 2.24) is 4.90 Å². The van der Waals surface area contributed by atoms with Gasteiger partial charge in [0, 0.05) is 12.6 Å². The van der Waals surface area contributed by atoms with Gasteiger partial charge in [0.05, 0.1) is 12.2 Å². The van der Waals surface area contributed by atoms with Crippen molar-refractivity contribution in [2.24, 2.45) is 0 Å². The lowest BCUT2D eigenvalue weighted by Crippen LogP contribution is -2.42. The summed E-state index contributed by atoms with van der Waals surface area (Å²) < 4.78 is 5.40. The zero-order valence-electron chi connectivity index (χ0n) is 10.4. The molecule has 0 saturated heterocycles. The Labute approximate surface area is 92.2 Å². The van der Waals surface area contributed by atoms with Crippen LogP contribution in [0.15, 0.2) is 0 Å². The SMILES string of the molecule is CC(C)N(CCO)C(=O)COC(C)(C)C. The van der Waals surface area contributed by atoms with Gasteiger partial charge in [0.2, 0.25) is 5.91 Å². The van der Waals surface area contributed by atoms with Crippen molar-refractivity contribution in [3.63, 3.8) is 0 Å². The molecule has 4 heteroatoms. The van der Waals surface area contributed by atoms with Gasteiger partial charge < -0.3 is 14.7 Å². The summed E-state index contributed by atoms with van der Waals surface area (Å²) in [5, 5.41) is 8.83. The van der Waals surface area contributed by atoms with Crippen LogP contribution in [0.4, 0.5) is 0 Å². The Morgan fingerprint density at radius 1 is 1.40 bits per heavy atom. The van der Waals surface area contributed by atoms with Crippen LogP contribution >= 0.6 is 0 Å². The van der Waals surface area contributed by atoms with E-state index in [2.05, 4.69) is 0 Å². The Hall–Kier alpha value is -0.610. The van der Waals surface area contributed by atoms with E-state index < -0.39 is 0 Å². The van der Waals surface area contributed by atoms with Crippen molar-refractivity contribution in [3.05, 3.63) is 0 Å². The first-order chi connectivity index (χ1) is 6.78. The maximum Gasteiger partial charge on any atom is 0.248 e. The van der Waals surface area contributed by atoms with Gasteiger partial charge in [-0.25, -0.2) is 0 Å². The number of nitrogens with zero attached hydrogens (tertiary/aromatic N) is 1. The highest BCUT2D eigenvalue weighted by atomic mass is 16.5. The molecule has 4 nitrogen and oxygen atoms in total. The molecule has 1 amide bonds. The number of carbonyl (C=O) groups is 1. The van der Waals surface area contributed by atoms with Crippen molar-refractivity contribution >= 4 is 5.91 Å². The predicted molar refractivity (Wildman–Crippen MR) is 59.6 cm³/mol. The Morgan fingerprint density at radius 2 is 1.93 bits per heavy atom. The summed E-state index contributed by atoms with van der Waals surface area (Å²) in [5.41, 5.74) is -0.308. The van der Waals surface area contributed by atoms with E-state index >= 15 is 0 Å². The van der Waals surface area contributed by atoms with Crippen LogP contribution in [0.2, 0.25) is 0 Å². The van der Waals surface area contributed by atoms with Gasteiger partial charge in [-0.15, -0.1) is 0 Å². The lowest BCUT2D eigenvalue weighted by Gasteiger charge is -2.28. The van der Waals surface area contributed by atoms with Crippen LogP contribution in [0.3, 0.4) is 0 Å². The smallest absolute Gasteiger partial charge is 0.248 e. The summed E-state index contributed by atoms with van der Waals surface area (Å²) in [6.07, 6.45) is 0. The fourth-order valence-electron chi connectivity index (χ4n) is 1.14. The third-order valence-corrected chi connectivity index (χ3v) is 1.91. The van der Waals surface area contributed by atoms with Crippen molar-refractivity contribution in [1.29, 1.82) is 0 Å². The van der Waals surface area contributed by atoms with Gasteiger partial charge in [-0.1, -0.05) is 0 Å². The Bertz CT molecular complexity index is 196. The Kier molecular flexibility index (Phi) is 5.83. The number of rotatable bonds is 5. The van der Waals surface area contributed by atoms with Crippen LogP contribution in [-0.2, 0) is 9.53 Å². The molecule has 0 aliphatic rings. The van der Waals surface area contributed by atoms with Crippen LogP contribution in [0.25, 0.3) is 0 Å². The molecular formula is C11H23NO3. The quantitative estimate of drug-likeness (QED) is 0.748. The number of amides is 1. The van der Waals surface area contributed by atoms with Crippen LogP contribution in [-0.4, -0.2) is 47.3 Å². The fraction of sp³-hybridized carbons (Fsp3) is 0.909. The van der Waals surface area contributed by atoms with Crippen LogP contribution < -0.4 is 0 Å². The largest absolute Gasteiger partial charge is 0.395 e. The molecular weight excluding hydrogens is 194 g/mol. The molecule has 0 aromatic rings. The standard InChI is InChI=1S/C11H23NO3/c1-9(2)12(6-7-13)10(14)8-15-11(3,4)5/h9,13H,6-8H2,1-5H3. The third-order valence-electron chi connectivity index (χ3n) is 1.91. The van der Waals surface area contributed by atoms with Gasteiger partial charge in [0.15, 0.2) is 0 Å². The number of hydrogen-bond donors (Lipinski definition) is 1. The number of ether oxygens (including phenoxy) is 1. The molecule has 0 aromatic carbocycles. The maximum absolute atomic E-state index is 11.7. The van der Waals surface area contributed by atoms with E-state index in [1.165, 1.54) is 0 Å². The van der Waals surface area contributed by atoms with E-state index in [4.69, 9.17) is 9.84 Å². The van der Waals surface area contributed by atoms with Crippen molar-refractivity contribution in [2.75, 3.05) is 19.8 Å². The molecule has 0 rings (SSSR count). The van der Waals surface area contributed by atoms with Gasteiger partial charge >= 0.3 is 0 Å². The predicted octanol–water partition coefficient (Wildman–Crippen LogP) is 1.03. The number of carbonyl (C=O) groups excluding carboxylic acids is 1.